The van der Waals surface area contributed by atoms with Crippen LogP contribution in [0.3, 0.4) is 0 Å². The Labute approximate surface area is 190 Å². The lowest BCUT2D eigenvalue weighted by Crippen LogP contribution is -2.37. The maximum Gasteiger partial charge on any atom is 0.275 e. The monoisotopic (exact) mass is 465 g/mol. The topological polar surface area (TPSA) is 106 Å². The molecule has 1 aromatic rings. The van der Waals surface area contributed by atoms with E-state index < -0.39 is 11.7 Å². The summed E-state index contributed by atoms with van der Waals surface area (Å²) in [6.07, 6.45) is 7.10. The van der Waals surface area contributed by atoms with Crippen LogP contribution >= 0.6 is 11.6 Å². The van der Waals surface area contributed by atoms with Crippen molar-refractivity contribution in [3.8, 4) is 0 Å². The number of rotatable bonds is 11. The molecule has 0 saturated carbocycles. The highest BCUT2D eigenvalue weighted by atomic mass is 35.5. The molecule has 0 atom stereocenters. The van der Waals surface area contributed by atoms with Gasteiger partial charge in [0.1, 0.15) is 17.3 Å². The van der Waals surface area contributed by atoms with E-state index in [2.05, 4.69) is 33.8 Å². The molecule has 0 unspecified atom stereocenters. The van der Waals surface area contributed by atoms with Gasteiger partial charge >= 0.3 is 0 Å². The van der Waals surface area contributed by atoms with Crippen molar-refractivity contribution in [2.45, 2.75) is 6.42 Å². The summed E-state index contributed by atoms with van der Waals surface area (Å²) in [6.45, 7) is 9.41. The Bertz CT molecular complexity index is 900. The first-order valence-electron chi connectivity index (χ1n) is 9.76. The smallest absolute Gasteiger partial charge is 0.275 e. The summed E-state index contributed by atoms with van der Waals surface area (Å²) in [4.78, 5) is 34.6. The van der Waals surface area contributed by atoms with Gasteiger partial charge in [-0.3, -0.25) is 14.6 Å². The highest BCUT2D eigenvalue weighted by molar-refractivity contribution is 6.31. The van der Waals surface area contributed by atoms with E-state index in [4.69, 9.17) is 21.1 Å². The molecule has 172 valence electrons. The summed E-state index contributed by atoms with van der Waals surface area (Å²) < 4.78 is 22.9. The van der Waals surface area contributed by atoms with Crippen molar-refractivity contribution in [1.29, 1.82) is 0 Å². The fraction of sp³-hybridized carbons (Fsp3) is 0.333. The van der Waals surface area contributed by atoms with Crippen molar-refractivity contribution in [3.63, 3.8) is 0 Å². The Morgan fingerprint density at radius 3 is 2.78 bits per heavy atom. The molecular formula is C21H25ClFN5O4. The Balaban J connectivity index is 1.69. The summed E-state index contributed by atoms with van der Waals surface area (Å²) >= 11 is 5.52. The standard InChI is InChI=1S/C21H25ClFN5O4/c1-15(5-6-25-20(29)14-32-9-3-4-17(22)16(2)23)26-21(30)18-12-24-13-19(27-18)28-7-10-31-11-8-28/h3-4,9,12-13H,1-2,5-8,10-11,14H2,(H,25,29)(H,26,30)/b9-3+,17-4+. The number of halogens is 2. The van der Waals surface area contributed by atoms with E-state index in [9.17, 15) is 14.0 Å². The molecular weight excluding hydrogens is 441 g/mol. The Hall–Kier alpha value is -3.24. The maximum atomic E-state index is 12.6. The van der Waals surface area contributed by atoms with Gasteiger partial charge in [0, 0.05) is 31.8 Å². The average molecular weight is 466 g/mol. The summed E-state index contributed by atoms with van der Waals surface area (Å²) in [5.41, 5.74) is 0.589. The van der Waals surface area contributed by atoms with Crippen LogP contribution in [-0.4, -0.2) is 61.2 Å². The molecule has 0 radical (unpaired) electrons. The molecule has 0 aliphatic carbocycles. The van der Waals surface area contributed by atoms with E-state index in [-0.39, 0.29) is 29.8 Å². The van der Waals surface area contributed by atoms with Crippen LogP contribution in [0, 0.1) is 0 Å². The van der Waals surface area contributed by atoms with E-state index in [0.717, 1.165) is 0 Å². The number of allylic oxidation sites excluding steroid dienone is 4. The van der Waals surface area contributed by atoms with Gasteiger partial charge < -0.3 is 25.0 Å². The highest BCUT2D eigenvalue weighted by Crippen LogP contribution is 2.13. The molecule has 0 bridgehead atoms. The molecule has 1 aliphatic rings. The van der Waals surface area contributed by atoms with Crippen LogP contribution in [0.1, 0.15) is 16.9 Å². The SMILES string of the molecule is C=C(CCNC(=O)CO/C=C/C=C(/Cl)C(=C)F)NC(=O)c1cncc(N2CCOCC2)n1. The van der Waals surface area contributed by atoms with E-state index in [1.165, 1.54) is 24.6 Å². The zero-order valence-corrected chi connectivity index (χ0v) is 18.2. The van der Waals surface area contributed by atoms with Crippen molar-refractivity contribution in [3.05, 3.63) is 66.2 Å². The predicted molar refractivity (Wildman–Crippen MR) is 119 cm³/mol. The zero-order chi connectivity index (χ0) is 23.3. The Morgan fingerprint density at radius 1 is 1.31 bits per heavy atom. The predicted octanol–water partition coefficient (Wildman–Crippen LogP) is 2.20. The first-order chi connectivity index (χ1) is 15.4. The number of nitrogens with one attached hydrogen (secondary N) is 2. The number of ether oxygens (including phenoxy) is 2. The number of carbonyl (C=O) groups excluding carboxylic acids is 2. The summed E-state index contributed by atoms with van der Waals surface area (Å²) in [5, 5.41) is 5.12. The number of hydrogen-bond donors (Lipinski definition) is 2. The largest absolute Gasteiger partial charge is 0.491 e. The molecule has 0 spiro atoms. The molecule has 1 fully saturated rings. The van der Waals surface area contributed by atoms with E-state index in [1.807, 2.05) is 4.90 Å². The van der Waals surface area contributed by atoms with Gasteiger partial charge in [0.05, 0.1) is 36.9 Å². The molecule has 2 N–H and O–H groups in total. The third-order valence-corrected chi connectivity index (χ3v) is 4.45. The van der Waals surface area contributed by atoms with Crippen molar-refractivity contribution in [2.75, 3.05) is 44.4 Å². The van der Waals surface area contributed by atoms with Crippen LogP contribution in [0.15, 0.2) is 60.5 Å². The average Bonchev–Trinajstić information content (AvgIpc) is 2.79. The number of nitrogens with zero attached hydrogens (tertiary/aromatic N) is 3. The van der Waals surface area contributed by atoms with Gasteiger partial charge in [0.2, 0.25) is 0 Å². The van der Waals surface area contributed by atoms with Gasteiger partial charge in [0.25, 0.3) is 11.8 Å². The molecule has 2 heterocycles. The minimum absolute atomic E-state index is 0.159. The first kappa shape index (κ1) is 25.0. The van der Waals surface area contributed by atoms with Crippen LogP contribution in [0.2, 0.25) is 0 Å². The van der Waals surface area contributed by atoms with Gasteiger partial charge in [-0.05, 0) is 12.2 Å². The number of carbonyl (C=O) groups is 2. The molecule has 1 saturated heterocycles. The lowest BCUT2D eigenvalue weighted by Gasteiger charge is -2.27. The molecule has 9 nitrogen and oxygen atoms in total. The fourth-order valence-corrected chi connectivity index (χ4v) is 2.57. The van der Waals surface area contributed by atoms with Crippen molar-refractivity contribution >= 4 is 29.2 Å². The third kappa shape index (κ3) is 8.86. The van der Waals surface area contributed by atoms with Gasteiger partial charge in [-0.2, -0.15) is 0 Å². The quantitative estimate of drug-likeness (QED) is 0.381. The highest BCUT2D eigenvalue weighted by Gasteiger charge is 2.16. The normalized spacial score (nSPS) is 14.2. The minimum Gasteiger partial charge on any atom is -0.491 e. The Kier molecular flexibility index (Phi) is 10.3. The van der Waals surface area contributed by atoms with Gasteiger partial charge in [-0.1, -0.05) is 24.8 Å². The third-order valence-electron chi connectivity index (χ3n) is 4.12. The number of anilines is 1. The van der Waals surface area contributed by atoms with Crippen LogP contribution < -0.4 is 15.5 Å². The lowest BCUT2D eigenvalue weighted by molar-refractivity contribution is -0.123. The summed E-state index contributed by atoms with van der Waals surface area (Å²) in [6, 6.07) is 0. The maximum absolute atomic E-state index is 12.6. The molecule has 32 heavy (non-hydrogen) atoms. The molecule has 1 aliphatic heterocycles. The molecule has 0 aromatic carbocycles. The van der Waals surface area contributed by atoms with Crippen LogP contribution in [0.5, 0.6) is 0 Å². The van der Waals surface area contributed by atoms with Crippen molar-refractivity contribution < 1.29 is 23.5 Å². The van der Waals surface area contributed by atoms with Crippen molar-refractivity contribution in [1.82, 2.24) is 20.6 Å². The number of aromatic nitrogens is 2. The molecule has 2 amide bonds. The van der Waals surface area contributed by atoms with Gasteiger partial charge in [0.15, 0.2) is 6.61 Å². The van der Waals surface area contributed by atoms with Gasteiger partial charge in [-0.15, -0.1) is 0 Å². The minimum atomic E-state index is -0.766. The van der Waals surface area contributed by atoms with Crippen molar-refractivity contribution in [2.24, 2.45) is 0 Å². The van der Waals surface area contributed by atoms with E-state index in [1.54, 1.807) is 6.20 Å². The lowest BCUT2D eigenvalue weighted by atomic mass is 10.3. The number of morpholine rings is 1. The second kappa shape index (κ2) is 13.2. The van der Waals surface area contributed by atoms with Crippen LogP contribution in [0.25, 0.3) is 0 Å². The van der Waals surface area contributed by atoms with Crippen LogP contribution in [-0.2, 0) is 14.3 Å². The first-order valence-corrected chi connectivity index (χ1v) is 10.1. The molecule has 2 rings (SSSR count). The molecule has 11 heteroatoms. The molecule has 1 aromatic heterocycles. The van der Waals surface area contributed by atoms with E-state index >= 15 is 0 Å². The fourth-order valence-electron chi connectivity index (χ4n) is 2.49. The summed E-state index contributed by atoms with van der Waals surface area (Å²) in [5.74, 6) is -0.957. The second-order valence-corrected chi connectivity index (χ2v) is 6.99. The second-order valence-electron chi connectivity index (χ2n) is 6.58. The van der Waals surface area contributed by atoms with E-state index in [0.29, 0.717) is 44.2 Å². The Morgan fingerprint density at radius 2 is 2.06 bits per heavy atom. The zero-order valence-electron chi connectivity index (χ0n) is 17.5. The van der Waals surface area contributed by atoms with Gasteiger partial charge in [-0.25, -0.2) is 9.37 Å². The van der Waals surface area contributed by atoms with Crippen LogP contribution in [0.4, 0.5) is 10.2 Å². The number of hydrogen-bond acceptors (Lipinski definition) is 7. The summed E-state index contributed by atoms with van der Waals surface area (Å²) in [7, 11) is 0. The number of amides is 2.